The highest BCUT2D eigenvalue weighted by Crippen LogP contribution is 2.76. The van der Waals surface area contributed by atoms with Gasteiger partial charge in [0.15, 0.2) is 31.5 Å². The third-order valence-corrected chi connectivity index (χ3v) is 22.2. The van der Waals surface area contributed by atoms with Gasteiger partial charge in [0, 0.05) is 0 Å². The van der Waals surface area contributed by atoms with Crippen molar-refractivity contribution < 1.29 is 129 Å². The molecule has 5 saturated heterocycles. The van der Waals surface area contributed by atoms with Crippen LogP contribution in [0, 0.1) is 45.3 Å². The van der Waals surface area contributed by atoms with Crippen molar-refractivity contribution in [1.29, 1.82) is 0 Å². The molecule has 0 radical (unpaired) electrons. The topological polar surface area (TPSA) is 416 Å². The molecular weight excluding hydrogens is 1110 g/mol. The molecule has 9 aliphatic rings. The molecule has 84 heavy (non-hydrogen) atoms. The van der Waals surface area contributed by atoms with Crippen molar-refractivity contribution in [2.24, 2.45) is 45.3 Å². The van der Waals surface area contributed by atoms with Gasteiger partial charge in [0.05, 0.1) is 50.8 Å². The van der Waals surface area contributed by atoms with Gasteiger partial charge in [-0.3, -0.25) is 0 Å². The van der Waals surface area contributed by atoms with E-state index in [2.05, 4.69) is 40.7 Å². The number of aliphatic hydroxyl groups excluding tert-OH is 16. The Morgan fingerprint density at radius 1 is 0.536 bits per heavy atom. The van der Waals surface area contributed by atoms with Crippen LogP contribution in [0.1, 0.15) is 113 Å². The van der Waals surface area contributed by atoms with Crippen molar-refractivity contribution in [1.82, 2.24) is 0 Å². The predicted molar refractivity (Wildman–Crippen MR) is 287 cm³/mol. The molecule has 0 spiro atoms. The molecule has 9 fully saturated rings. The fourth-order valence-corrected chi connectivity index (χ4v) is 17.2. The maximum atomic E-state index is 12.9. The largest absolute Gasteiger partial charge is 0.394 e. The molecule has 486 valence electrons. The van der Waals surface area contributed by atoms with E-state index >= 15 is 0 Å². The Hall–Kier alpha value is -1.30. The molecule has 0 bridgehead atoms. The van der Waals surface area contributed by atoms with Gasteiger partial charge in [0.1, 0.15) is 110 Å². The van der Waals surface area contributed by atoms with E-state index in [4.69, 9.17) is 47.4 Å². The van der Waals surface area contributed by atoms with Crippen LogP contribution in [0.25, 0.3) is 0 Å². The zero-order valence-corrected chi connectivity index (χ0v) is 49.5. The number of hydrogen-bond donors (Lipinski definition) is 16. The Balaban J connectivity index is 0.895. The summed E-state index contributed by atoms with van der Waals surface area (Å²) in [6.45, 7) is 14.5. The number of aliphatic hydroxyl groups is 16. The lowest BCUT2D eigenvalue weighted by atomic mass is 9.35. The molecule has 4 saturated carbocycles. The van der Waals surface area contributed by atoms with Gasteiger partial charge in [-0.25, -0.2) is 0 Å². The summed E-state index contributed by atoms with van der Waals surface area (Å²) in [6.07, 6.45) is -29.8. The van der Waals surface area contributed by atoms with Crippen molar-refractivity contribution in [3.63, 3.8) is 0 Å². The van der Waals surface area contributed by atoms with Gasteiger partial charge < -0.3 is 129 Å². The van der Waals surface area contributed by atoms with Gasteiger partial charge in [-0.2, -0.15) is 0 Å². The molecule has 33 atom stereocenters. The van der Waals surface area contributed by atoms with Crippen LogP contribution in [0.15, 0.2) is 11.6 Å². The van der Waals surface area contributed by atoms with Crippen LogP contribution in [0.2, 0.25) is 0 Å². The third-order valence-electron chi connectivity index (χ3n) is 22.2. The maximum Gasteiger partial charge on any atom is 0.187 e. The second-order valence-electron chi connectivity index (χ2n) is 27.7. The molecule has 5 aliphatic heterocycles. The minimum absolute atomic E-state index is 0.0238. The highest BCUT2D eigenvalue weighted by atomic mass is 16.8. The maximum absolute atomic E-state index is 12.9. The summed E-state index contributed by atoms with van der Waals surface area (Å²) in [5.74, 6) is -0.533. The number of allylic oxidation sites excluding steroid dienone is 2. The number of fused-ring (bicyclic) bond motifs is 5. The van der Waals surface area contributed by atoms with Crippen LogP contribution in [0.4, 0.5) is 0 Å². The standard InChI is InChI=1S/C58H98O26/c1-24(2)10-9-14-58(8,84-52-47(74)42(69)39(66)30(81-52)22-76-49-45(72)40(67)31(23-77-49)80-50-44(71)36(63)27(62)21-75-50)25-11-16-57(7)35(25)26(61)18-33-55(5)15-13-34(54(3,4)32(55)12-17-56(33,57)6)82-53-48(43(70)38(65)29(20-60)79-53)83-51-46(73)41(68)37(64)28(19-59)78-51/h10,25-53,59-74H,9,11-23H2,1-8H3/t25-,26+,27+,28+,29+,30+,31-,32-,33+,34-,35-,36-,37+,38+,39+,40-,41-,42-,43-,44+,45+,46+,47+,48+,49+,50-,51-,52-,53-,55-,56+,57+,58-/m0/s1. The lowest BCUT2D eigenvalue weighted by molar-refractivity contribution is -0.378. The van der Waals surface area contributed by atoms with E-state index in [1.54, 1.807) is 0 Å². The molecule has 5 heterocycles. The van der Waals surface area contributed by atoms with Crippen molar-refractivity contribution in [3.05, 3.63) is 11.6 Å². The van der Waals surface area contributed by atoms with Crippen LogP contribution < -0.4 is 0 Å². The van der Waals surface area contributed by atoms with Crippen LogP contribution in [0.3, 0.4) is 0 Å². The van der Waals surface area contributed by atoms with Gasteiger partial charge >= 0.3 is 0 Å². The van der Waals surface area contributed by atoms with Crippen LogP contribution in [-0.4, -0.2) is 274 Å². The van der Waals surface area contributed by atoms with E-state index in [0.29, 0.717) is 38.5 Å². The van der Waals surface area contributed by atoms with Crippen molar-refractivity contribution in [3.8, 4) is 0 Å². The molecule has 26 heteroatoms. The Kier molecular flexibility index (Phi) is 20.6. The number of hydrogen-bond acceptors (Lipinski definition) is 26. The molecule has 0 aromatic heterocycles. The first-order valence-corrected chi connectivity index (χ1v) is 30.2. The normalized spacial score (nSPS) is 53.0. The van der Waals surface area contributed by atoms with Crippen LogP contribution in [0.5, 0.6) is 0 Å². The zero-order valence-electron chi connectivity index (χ0n) is 49.5. The van der Waals surface area contributed by atoms with Gasteiger partial charge in [-0.1, -0.05) is 46.3 Å². The molecule has 0 unspecified atom stereocenters. The Morgan fingerprint density at radius 2 is 1.11 bits per heavy atom. The predicted octanol–water partition coefficient (Wildman–Crippen LogP) is -3.10. The van der Waals surface area contributed by atoms with Crippen molar-refractivity contribution in [2.45, 2.75) is 272 Å². The van der Waals surface area contributed by atoms with Crippen LogP contribution in [-0.2, 0) is 47.4 Å². The minimum atomic E-state index is -1.82. The third kappa shape index (κ3) is 12.0. The minimum Gasteiger partial charge on any atom is -0.394 e. The van der Waals surface area contributed by atoms with Gasteiger partial charge in [-0.05, 0) is 124 Å². The van der Waals surface area contributed by atoms with E-state index in [1.165, 1.54) is 0 Å². The molecule has 26 nitrogen and oxygen atoms in total. The van der Waals surface area contributed by atoms with E-state index < -0.39 is 190 Å². The van der Waals surface area contributed by atoms with E-state index in [0.717, 1.165) is 24.8 Å². The number of rotatable bonds is 17. The molecule has 0 aromatic carbocycles. The summed E-state index contributed by atoms with van der Waals surface area (Å²) in [5, 5.41) is 174. The second kappa shape index (κ2) is 25.8. The Labute approximate surface area is 490 Å². The molecule has 4 aliphatic carbocycles. The van der Waals surface area contributed by atoms with Crippen LogP contribution >= 0.6 is 0 Å². The first-order chi connectivity index (χ1) is 39.4. The van der Waals surface area contributed by atoms with E-state index in [1.807, 2.05) is 20.8 Å². The fourth-order valence-electron chi connectivity index (χ4n) is 17.2. The summed E-state index contributed by atoms with van der Waals surface area (Å²) in [5.41, 5.74) is -1.68. The first kappa shape index (κ1) is 67.1. The SMILES string of the molecule is CC(C)=CCC[C@](C)(O[C@@H]1O[C@H](CO[C@@H]2OC[C@H](O[C@@H]3OC[C@@H](O)[C@H](O)[C@H]3O)[C@H](O)[C@H]2O)[C@@H](O)[C@H](O)[C@H]1O)[C@H]1CC[C@]2(C)[C@@H]1[C@H](O)C[C@@H]1[C@@]3(C)CC[C@H](O[C@@H]4O[C@H](CO)[C@@H](O)[C@H](O)[C@H]4O[C@@H]4O[C@H](CO)[C@@H](O)[C@H](O)[C@H]4O)C(C)(C)[C@@H]3CC[C@]12C. The summed E-state index contributed by atoms with van der Waals surface area (Å²) in [7, 11) is 0. The summed E-state index contributed by atoms with van der Waals surface area (Å²) >= 11 is 0. The fraction of sp³-hybridized carbons (Fsp3) is 0.966. The highest BCUT2D eigenvalue weighted by Gasteiger charge is 2.72. The molecular formula is C58H98O26. The summed E-state index contributed by atoms with van der Waals surface area (Å²) in [4.78, 5) is 0. The first-order valence-electron chi connectivity index (χ1n) is 30.2. The summed E-state index contributed by atoms with van der Waals surface area (Å²) < 4.78 is 60.3. The molecule has 9 rings (SSSR count). The van der Waals surface area contributed by atoms with Gasteiger partial charge in [-0.15, -0.1) is 0 Å². The Morgan fingerprint density at radius 3 is 1.76 bits per heavy atom. The highest BCUT2D eigenvalue weighted by molar-refractivity contribution is 5.21. The quantitative estimate of drug-likeness (QED) is 0.0507. The molecule has 0 amide bonds. The lowest BCUT2D eigenvalue weighted by Gasteiger charge is -2.71. The summed E-state index contributed by atoms with van der Waals surface area (Å²) in [6, 6.07) is 0. The zero-order chi connectivity index (χ0) is 61.5. The molecule has 16 N–H and O–H groups in total. The monoisotopic (exact) mass is 1210 g/mol. The van der Waals surface area contributed by atoms with E-state index in [9.17, 15) is 81.7 Å². The average molecular weight is 1210 g/mol. The Bertz CT molecular complexity index is 2210. The van der Waals surface area contributed by atoms with Crippen molar-refractivity contribution >= 4 is 0 Å². The van der Waals surface area contributed by atoms with Gasteiger partial charge in [0.25, 0.3) is 0 Å². The average Bonchev–Trinajstić information content (AvgIpc) is 1.25. The second-order valence-corrected chi connectivity index (χ2v) is 27.7. The van der Waals surface area contributed by atoms with Gasteiger partial charge in [0.2, 0.25) is 0 Å². The molecule has 0 aromatic rings. The lowest BCUT2D eigenvalue weighted by Crippen LogP contribution is -2.68. The van der Waals surface area contributed by atoms with E-state index in [-0.39, 0.29) is 47.7 Å². The smallest absolute Gasteiger partial charge is 0.187 e. The van der Waals surface area contributed by atoms with Crippen molar-refractivity contribution in [2.75, 3.05) is 33.0 Å². The number of ether oxygens (including phenoxy) is 10.